The Balaban J connectivity index is 1.69. The average Bonchev–Trinajstić information content (AvgIpc) is 2.90. The van der Waals surface area contributed by atoms with Crippen LogP contribution >= 0.6 is 11.8 Å². The smallest absolute Gasteiger partial charge is 0.255 e. The highest BCUT2D eigenvalue weighted by Gasteiger charge is 2.68. The van der Waals surface area contributed by atoms with E-state index in [1.54, 1.807) is 12.1 Å². The lowest BCUT2D eigenvalue weighted by Crippen LogP contribution is -2.70. The minimum absolute atomic E-state index is 0.0173. The molecule has 2 aromatic rings. The summed E-state index contributed by atoms with van der Waals surface area (Å²) in [6.07, 6.45) is -1.63. The summed E-state index contributed by atoms with van der Waals surface area (Å²) in [6, 6.07) is 12.9. The number of nitrogens with zero attached hydrogens (tertiary/aromatic N) is 1. The Morgan fingerprint density at radius 3 is 2.35 bits per heavy atom. The average molecular weight is 567 g/mol. The molecular formula is C29H30N2O8S. The number of aliphatic hydroxyl groups excluding tert-OH is 3. The van der Waals surface area contributed by atoms with Gasteiger partial charge in [-0.3, -0.25) is 19.3 Å². The van der Waals surface area contributed by atoms with Gasteiger partial charge in [-0.25, -0.2) is 0 Å². The summed E-state index contributed by atoms with van der Waals surface area (Å²) in [5.41, 5.74) is 2.61. The zero-order valence-corrected chi connectivity index (χ0v) is 22.6. The van der Waals surface area contributed by atoms with Crippen LogP contribution in [0.5, 0.6) is 5.75 Å². The number of phenols is 1. The predicted molar refractivity (Wildman–Crippen MR) is 147 cm³/mol. The van der Waals surface area contributed by atoms with Crippen molar-refractivity contribution in [2.75, 3.05) is 19.8 Å². The SMILES string of the molecule is CN(C)[C@@H]1C(=O)C(C(N)=O)=C(O)[C@]2(O)C(=O)C3=C(O)c4c(O)cccc4[C@H](CSCc4ccccc4)[C@H]3[C@H](O)[C@@H]12. The van der Waals surface area contributed by atoms with Gasteiger partial charge in [-0.1, -0.05) is 42.5 Å². The number of rotatable bonds is 6. The van der Waals surface area contributed by atoms with Gasteiger partial charge in [0.15, 0.2) is 11.4 Å². The first-order valence-electron chi connectivity index (χ1n) is 12.7. The molecule has 1 amide bonds. The van der Waals surface area contributed by atoms with Crippen LogP contribution in [0, 0.1) is 11.8 Å². The molecule has 0 aromatic heterocycles. The van der Waals surface area contributed by atoms with E-state index in [9.17, 15) is 39.9 Å². The van der Waals surface area contributed by atoms with Gasteiger partial charge in [-0.15, -0.1) is 0 Å². The van der Waals surface area contributed by atoms with E-state index in [0.717, 1.165) is 5.56 Å². The molecule has 5 rings (SSSR count). The first-order valence-corrected chi connectivity index (χ1v) is 13.8. The molecular weight excluding hydrogens is 536 g/mol. The van der Waals surface area contributed by atoms with Crippen LogP contribution in [0.3, 0.4) is 0 Å². The number of nitrogens with two attached hydrogens (primary N) is 1. The first kappa shape index (κ1) is 27.9. The zero-order valence-electron chi connectivity index (χ0n) is 21.8. The number of thioether (sulfide) groups is 1. The highest BCUT2D eigenvalue weighted by Crippen LogP contribution is 2.56. The maximum atomic E-state index is 14.1. The molecule has 10 nitrogen and oxygen atoms in total. The van der Waals surface area contributed by atoms with Crippen LogP contribution < -0.4 is 5.73 Å². The van der Waals surface area contributed by atoms with Gasteiger partial charge in [0.1, 0.15) is 22.8 Å². The van der Waals surface area contributed by atoms with Crippen LogP contribution in [0.1, 0.15) is 22.6 Å². The van der Waals surface area contributed by atoms with E-state index < -0.39 is 75.6 Å². The molecule has 1 fully saturated rings. The Kier molecular flexibility index (Phi) is 7.03. The van der Waals surface area contributed by atoms with Crippen LogP contribution in [-0.4, -0.2) is 85.5 Å². The summed E-state index contributed by atoms with van der Waals surface area (Å²) in [4.78, 5) is 41.0. The van der Waals surface area contributed by atoms with E-state index in [4.69, 9.17) is 5.73 Å². The molecule has 0 aliphatic heterocycles. The molecule has 0 spiro atoms. The first-order chi connectivity index (χ1) is 18.9. The highest BCUT2D eigenvalue weighted by molar-refractivity contribution is 7.98. The minimum atomic E-state index is -2.93. The number of primary amides is 1. The number of hydrogen-bond acceptors (Lipinski definition) is 10. The second kappa shape index (κ2) is 10.1. The van der Waals surface area contributed by atoms with Gasteiger partial charge < -0.3 is 31.3 Å². The van der Waals surface area contributed by atoms with E-state index >= 15 is 0 Å². The van der Waals surface area contributed by atoms with Gasteiger partial charge in [0.05, 0.1) is 23.6 Å². The van der Waals surface area contributed by atoms with Gasteiger partial charge in [0.25, 0.3) is 5.91 Å². The summed E-state index contributed by atoms with van der Waals surface area (Å²) < 4.78 is 0. The lowest BCUT2D eigenvalue weighted by Gasteiger charge is -2.54. The van der Waals surface area contributed by atoms with E-state index in [1.165, 1.54) is 36.8 Å². The van der Waals surface area contributed by atoms with Gasteiger partial charge in [-0.05, 0) is 31.3 Å². The van der Waals surface area contributed by atoms with E-state index in [1.807, 2.05) is 30.3 Å². The Labute approximate surface area is 234 Å². The fraction of sp³-hybridized carbons (Fsp3) is 0.345. The number of hydrogen-bond donors (Lipinski definition) is 6. The molecule has 3 aliphatic rings. The quantitative estimate of drug-likeness (QED) is 0.280. The van der Waals surface area contributed by atoms with Crippen molar-refractivity contribution in [1.82, 2.24) is 4.90 Å². The molecule has 0 bridgehead atoms. The third kappa shape index (κ3) is 3.95. The lowest BCUT2D eigenvalue weighted by molar-refractivity contribution is -0.169. The molecule has 7 N–H and O–H groups in total. The fourth-order valence-corrected chi connectivity index (χ4v) is 7.66. The number of likely N-dealkylation sites (N-methyl/N-ethyl adjacent to an activating group) is 1. The highest BCUT2D eigenvalue weighted by atomic mass is 32.2. The van der Waals surface area contributed by atoms with Crippen molar-refractivity contribution in [3.8, 4) is 5.75 Å². The van der Waals surface area contributed by atoms with Crippen molar-refractivity contribution in [2.24, 2.45) is 17.6 Å². The van der Waals surface area contributed by atoms with Crippen molar-refractivity contribution in [3.63, 3.8) is 0 Å². The number of amides is 1. The maximum absolute atomic E-state index is 14.1. The van der Waals surface area contributed by atoms with Crippen LogP contribution in [0.15, 0.2) is 65.4 Å². The van der Waals surface area contributed by atoms with Gasteiger partial charge in [0, 0.05) is 28.9 Å². The molecule has 0 heterocycles. The number of benzene rings is 2. The number of carbonyl (C=O) groups excluding carboxylic acids is 3. The van der Waals surface area contributed by atoms with Crippen LogP contribution in [-0.2, 0) is 20.1 Å². The largest absolute Gasteiger partial charge is 0.508 e. The van der Waals surface area contributed by atoms with Gasteiger partial charge in [0.2, 0.25) is 5.78 Å². The molecule has 0 saturated heterocycles. The van der Waals surface area contributed by atoms with E-state index in [2.05, 4.69) is 0 Å². The van der Waals surface area contributed by atoms with Crippen molar-refractivity contribution < 1.29 is 39.9 Å². The fourth-order valence-electron chi connectivity index (χ4n) is 6.47. The maximum Gasteiger partial charge on any atom is 0.255 e. The van der Waals surface area contributed by atoms with Crippen molar-refractivity contribution in [1.29, 1.82) is 0 Å². The Hall–Kier alpha value is -3.64. The molecule has 0 radical (unpaired) electrons. The molecule has 1 saturated carbocycles. The number of aromatic hydroxyl groups is 1. The van der Waals surface area contributed by atoms with Crippen LogP contribution in [0.25, 0.3) is 5.76 Å². The topological polar surface area (TPSA) is 182 Å². The number of phenolic OH excluding ortho intramolecular Hbond substituents is 1. The normalized spacial score (nSPS) is 29.8. The Morgan fingerprint density at radius 1 is 1.05 bits per heavy atom. The summed E-state index contributed by atoms with van der Waals surface area (Å²) in [7, 11) is 2.96. The number of fused-ring (bicyclic) bond motifs is 3. The summed E-state index contributed by atoms with van der Waals surface area (Å²) in [6.45, 7) is 0. The summed E-state index contributed by atoms with van der Waals surface area (Å²) in [5.74, 6) is -8.04. The second-order valence-electron chi connectivity index (χ2n) is 10.6. The molecule has 210 valence electrons. The molecule has 11 heteroatoms. The number of ketones is 2. The summed E-state index contributed by atoms with van der Waals surface area (Å²) in [5, 5.41) is 56.8. The van der Waals surface area contributed by atoms with Gasteiger partial charge >= 0.3 is 0 Å². The zero-order chi connectivity index (χ0) is 29.1. The lowest BCUT2D eigenvalue weighted by atomic mass is 9.54. The standard InChI is InChI=1S/C29H30N2O8S/c1-31(2)22-21-24(34)18-15(12-40-11-13-7-4-3-5-8-13)14-9-6-10-16(32)17(14)23(33)19(18)26(36)29(21,39)27(37)20(25(22)35)28(30)38/h3-10,15,18,21-22,24,32-34,37,39H,11-12H2,1-2H3,(H2,30,38)/t15-,18+,21+,22-,24-,29+/m0/s1. The predicted octanol–water partition coefficient (Wildman–Crippen LogP) is 1.41. The molecule has 2 aromatic carbocycles. The van der Waals surface area contributed by atoms with Crippen LogP contribution in [0.4, 0.5) is 0 Å². The third-order valence-electron chi connectivity index (χ3n) is 8.21. The molecule has 40 heavy (non-hydrogen) atoms. The number of aliphatic hydroxyl groups is 4. The molecule has 3 aliphatic carbocycles. The minimum Gasteiger partial charge on any atom is -0.508 e. The van der Waals surface area contributed by atoms with Gasteiger partial charge in [-0.2, -0.15) is 11.8 Å². The number of carbonyl (C=O) groups is 3. The Bertz CT molecular complexity index is 1470. The molecule has 6 atom stereocenters. The monoisotopic (exact) mass is 566 g/mol. The van der Waals surface area contributed by atoms with E-state index in [0.29, 0.717) is 17.1 Å². The third-order valence-corrected chi connectivity index (χ3v) is 9.34. The summed E-state index contributed by atoms with van der Waals surface area (Å²) >= 11 is 1.52. The van der Waals surface area contributed by atoms with Crippen molar-refractivity contribution >= 4 is 35.0 Å². The molecule has 0 unspecified atom stereocenters. The Morgan fingerprint density at radius 2 is 1.73 bits per heavy atom. The number of Topliss-reactive ketones (excluding diaryl/α,β-unsaturated/α-hetero) is 2. The van der Waals surface area contributed by atoms with Crippen molar-refractivity contribution in [3.05, 3.63) is 82.1 Å². The van der Waals surface area contributed by atoms with E-state index in [-0.39, 0.29) is 11.3 Å². The van der Waals surface area contributed by atoms with Crippen molar-refractivity contribution in [2.45, 2.75) is 29.4 Å². The van der Waals surface area contributed by atoms with Crippen LogP contribution in [0.2, 0.25) is 0 Å². The second-order valence-corrected chi connectivity index (χ2v) is 11.6.